The number of methoxy groups -OCH3 is 1. The predicted octanol–water partition coefficient (Wildman–Crippen LogP) is 5.26. The number of benzene rings is 3. The number of amides is 1. The predicted molar refractivity (Wildman–Crippen MR) is 127 cm³/mol. The summed E-state index contributed by atoms with van der Waals surface area (Å²) in [6.07, 6.45) is 0. The van der Waals surface area contributed by atoms with E-state index in [1.165, 1.54) is 19.2 Å². The molecule has 3 aromatic rings. The number of aryl methyl sites for hydroxylation is 1. The lowest BCUT2D eigenvalue weighted by atomic mass is 9.91. The largest absolute Gasteiger partial charge is 0.504 e. The second-order valence-corrected chi connectivity index (χ2v) is 8.66. The Balaban J connectivity index is 1.90. The molecule has 0 saturated heterocycles. The fourth-order valence-electron chi connectivity index (χ4n) is 4.26. The standard InChI is InChI=1S/C26H27FN2O4/c1-15-9-10-16(27)13-22(15)33-14-19-17(18-7-6-8-21(30)24(18)32-5)11-12-20-23(19)29(4)25(31)26(2,3)28-20/h6-13,28,30H,14H2,1-5H3. The molecule has 0 spiro atoms. The molecule has 0 radical (unpaired) electrons. The van der Waals surface area contributed by atoms with Gasteiger partial charge in [-0.1, -0.05) is 24.3 Å². The third-order valence-corrected chi connectivity index (χ3v) is 5.92. The number of ether oxygens (including phenoxy) is 2. The fourth-order valence-corrected chi connectivity index (χ4v) is 4.26. The van der Waals surface area contributed by atoms with Gasteiger partial charge in [-0.05, 0) is 50.1 Å². The Morgan fingerprint density at radius 3 is 2.61 bits per heavy atom. The zero-order chi connectivity index (χ0) is 23.9. The van der Waals surface area contributed by atoms with Crippen molar-refractivity contribution >= 4 is 17.3 Å². The Morgan fingerprint density at radius 1 is 1.12 bits per heavy atom. The van der Waals surface area contributed by atoms with Crippen molar-refractivity contribution in [2.24, 2.45) is 0 Å². The molecule has 4 rings (SSSR count). The van der Waals surface area contributed by atoms with Crippen LogP contribution in [-0.2, 0) is 11.4 Å². The number of aromatic hydroxyl groups is 1. The highest BCUT2D eigenvalue weighted by Gasteiger charge is 2.38. The Labute approximate surface area is 192 Å². The van der Waals surface area contributed by atoms with Crippen LogP contribution in [0.2, 0.25) is 0 Å². The maximum atomic E-state index is 13.8. The van der Waals surface area contributed by atoms with Gasteiger partial charge in [0.15, 0.2) is 11.5 Å². The van der Waals surface area contributed by atoms with E-state index in [0.29, 0.717) is 28.3 Å². The average molecular weight is 451 g/mol. The number of halogens is 1. The van der Waals surface area contributed by atoms with Crippen LogP contribution in [0.15, 0.2) is 48.5 Å². The van der Waals surface area contributed by atoms with Crippen molar-refractivity contribution in [3.05, 3.63) is 65.5 Å². The van der Waals surface area contributed by atoms with Crippen LogP contribution >= 0.6 is 0 Å². The van der Waals surface area contributed by atoms with Gasteiger partial charge in [0.05, 0.1) is 18.5 Å². The van der Waals surface area contributed by atoms with Crippen LogP contribution in [0.4, 0.5) is 15.8 Å². The SMILES string of the molecule is COc1c(O)cccc1-c1ccc2c(c1COc1cc(F)ccc1C)N(C)C(=O)C(C)(C)N2. The summed E-state index contributed by atoms with van der Waals surface area (Å²) in [5.41, 5.74) is 3.55. The molecule has 33 heavy (non-hydrogen) atoms. The van der Waals surface area contributed by atoms with Crippen LogP contribution in [0, 0.1) is 12.7 Å². The van der Waals surface area contributed by atoms with Crippen LogP contribution in [0.5, 0.6) is 17.2 Å². The number of hydrogen-bond donors (Lipinski definition) is 2. The molecule has 0 aliphatic carbocycles. The van der Waals surface area contributed by atoms with E-state index in [0.717, 1.165) is 16.8 Å². The van der Waals surface area contributed by atoms with Crippen LogP contribution < -0.4 is 19.7 Å². The van der Waals surface area contributed by atoms with Gasteiger partial charge in [-0.2, -0.15) is 0 Å². The molecule has 0 atom stereocenters. The van der Waals surface area contributed by atoms with E-state index >= 15 is 0 Å². The van der Waals surface area contributed by atoms with Crippen LogP contribution in [-0.4, -0.2) is 30.7 Å². The normalized spacial score (nSPS) is 14.5. The summed E-state index contributed by atoms with van der Waals surface area (Å²) in [6, 6.07) is 13.3. The molecule has 0 unspecified atom stereocenters. The highest BCUT2D eigenvalue weighted by Crippen LogP contribution is 2.46. The number of fused-ring (bicyclic) bond motifs is 1. The molecule has 7 heteroatoms. The number of nitrogens with one attached hydrogen (secondary N) is 1. The first-order valence-electron chi connectivity index (χ1n) is 10.6. The van der Waals surface area contributed by atoms with Gasteiger partial charge in [0, 0.05) is 24.2 Å². The maximum absolute atomic E-state index is 13.8. The summed E-state index contributed by atoms with van der Waals surface area (Å²) >= 11 is 0. The summed E-state index contributed by atoms with van der Waals surface area (Å²) in [6.45, 7) is 5.57. The number of likely N-dealkylation sites (N-methyl/N-ethyl adjacent to an activating group) is 1. The van der Waals surface area contributed by atoms with Gasteiger partial charge in [-0.3, -0.25) is 4.79 Å². The second kappa shape index (κ2) is 8.31. The number of rotatable bonds is 5. The number of anilines is 2. The molecule has 0 bridgehead atoms. The van der Waals surface area contributed by atoms with Gasteiger partial charge in [-0.25, -0.2) is 4.39 Å². The molecule has 0 saturated carbocycles. The second-order valence-electron chi connectivity index (χ2n) is 8.66. The van der Waals surface area contributed by atoms with E-state index in [2.05, 4.69) is 5.32 Å². The summed E-state index contributed by atoms with van der Waals surface area (Å²) in [4.78, 5) is 14.7. The van der Waals surface area contributed by atoms with Gasteiger partial charge >= 0.3 is 0 Å². The minimum atomic E-state index is -0.775. The summed E-state index contributed by atoms with van der Waals surface area (Å²) in [7, 11) is 3.22. The number of carbonyl (C=O) groups excluding carboxylic acids is 1. The van der Waals surface area contributed by atoms with Crippen molar-refractivity contribution < 1.29 is 23.8 Å². The highest BCUT2D eigenvalue weighted by atomic mass is 19.1. The lowest BCUT2D eigenvalue weighted by molar-refractivity contribution is -0.121. The van der Waals surface area contributed by atoms with Gasteiger partial charge < -0.3 is 24.8 Å². The summed E-state index contributed by atoms with van der Waals surface area (Å²) < 4.78 is 25.4. The quantitative estimate of drug-likeness (QED) is 0.555. The third-order valence-electron chi connectivity index (χ3n) is 5.92. The zero-order valence-electron chi connectivity index (χ0n) is 19.3. The van der Waals surface area contributed by atoms with E-state index in [-0.39, 0.29) is 18.3 Å². The summed E-state index contributed by atoms with van der Waals surface area (Å²) in [5, 5.41) is 13.7. The van der Waals surface area contributed by atoms with Gasteiger partial charge in [0.1, 0.15) is 23.7 Å². The van der Waals surface area contributed by atoms with Crippen molar-refractivity contribution in [2.45, 2.75) is 32.9 Å². The Hall–Kier alpha value is -3.74. The van der Waals surface area contributed by atoms with Gasteiger partial charge in [-0.15, -0.1) is 0 Å². The number of phenolic OH excluding ortho intramolecular Hbond substituents is 1. The van der Waals surface area contributed by atoms with Crippen LogP contribution in [0.1, 0.15) is 25.0 Å². The van der Waals surface area contributed by atoms with Crippen molar-refractivity contribution in [3.8, 4) is 28.4 Å². The first-order valence-corrected chi connectivity index (χ1v) is 10.6. The molecule has 0 fully saturated rings. The van der Waals surface area contributed by atoms with E-state index in [1.807, 2.05) is 39.0 Å². The molecule has 172 valence electrons. The number of hydrogen-bond acceptors (Lipinski definition) is 5. The molecule has 1 heterocycles. The van der Waals surface area contributed by atoms with E-state index in [1.54, 1.807) is 30.1 Å². The van der Waals surface area contributed by atoms with Crippen LogP contribution in [0.3, 0.4) is 0 Å². The molecule has 3 aromatic carbocycles. The number of para-hydroxylation sites is 1. The lowest BCUT2D eigenvalue weighted by Crippen LogP contribution is -2.52. The van der Waals surface area contributed by atoms with Crippen molar-refractivity contribution in [2.75, 3.05) is 24.4 Å². The fraction of sp³-hybridized carbons (Fsp3) is 0.269. The molecule has 1 amide bonds. The molecular weight excluding hydrogens is 423 g/mol. The average Bonchev–Trinajstić information content (AvgIpc) is 2.77. The first kappa shape index (κ1) is 22.5. The minimum Gasteiger partial charge on any atom is -0.504 e. The Bertz CT molecular complexity index is 1240. The summed E-state index contributed by atoms with van der Waals surface area (Å²) in [5.74, 6) is 0.247. The third kappa shape index (κ3) is 3.95. The topological polar surface area (TPSA) is 71.0 Å². The van der Waals surface area contributed by atoms with Gasteiger partial charge in [0.2, 0.25) is 0 Å². The van der Waals surface area contributed by atoms with E-state index < -0.39 is 11.4 Å². The van der Waals surface area contributed by atoms with Gasteiger partial charge in [0.25, 0.3) is 5.91 Å². The zero-order valence-corrected chi connectivity index (χ0v) is 19.3. The molecule has 0 aromatic heterocycles. The molecule has 1 aliphatic heterocycles. The molecule has 1 aliphatic rings. The lowest BCUT2D eigenvalue weighted by Gasteiger charge is -2.39. The number of carbonyl (C=O) groups is 1. The Kier molecular flexibility index (Phi) is 5.66. The Morgan fingerprint density at radius 2 is 1.88 bits per heavy atom. The highest BCUT2D eigenvalue weighted by molar-refractivity contribution is 6.08. The molecular formula is C26H27FN2O4. The minimum absolute atomic E-state index is 0.00394. The number of phenols is 1. The monoisotopic (exact) mass is 450 g/mol. The molecule has 2 N–H and O–H groups in total. The van der Waals surface area contributed by atoms with Crippen molar-refractivity contribution in [1.29, 1.82) is 0 Å². The first-order chi connectivity index (χ1) is 15.6. The smallest absolute Gasteiger partial charge is 0.251 e. The van der Waals surface area contributed by atoms with Crippen molar-refractivity contribution in [3.63, 3.8) is 0 Å². The van der Waals surface area contributed by atoms with E-state index in [4.69, 9.17) is 9.47 Å². The van der Waals surface area contributed by atoms with Crippen molar-refractivity contribution in [1.82, 2.24) is 0 Å². The van der Waals surface area contributed by atoms with Crippen LogP contribution in [0.25, 0.3) is 11.1 Å². The maximum Gasteiger partial charge on any atom is 0.251 e. The van der Waals surface area contributed by atoms with E-state index in [9.17, 15) is 14.3 Å². The number of nitrogens with zero attached hydrogens (tertiary/aromatic N) is 1. The molecule has 6 nitrogen and oxygen atoms in total.